The van der Waals surface area contributed by atoms with Crippen LogP contribution >= 0.6 is 0 Å². The van der Waals surface area contributed by atoms with Crippen LogP contribution in [0.4, 0.5) is 0 Å². The predicted molar refractivity (Wildman–Crippen MR) is 81.4 cm³/mol. The van der Waals surface area contributed by atoms with Crippen molar-refractivity contribution >= 4 is 0 Å². The van der Waals surface area contributed by atoms with Gasteiger partial charge in [-0.3, -0.25) is 0 Å². The van der Waals surface area contributed by atoms with E-state index in [1.165, 1.54) is 64.2 Å². The summed E-state index contributed by atoms with van der Waals surface area (Å²) in [4.78, 5) is 0. The van der Waals surface area contributed by atoms with E-state index < -0.39 is 0 Å². The average molecular weight is 277 g/mol. The molecule has 114 valence electrons. The molecule has 20 heavy (non-hydrogen) atoms. The Morgan fingerprint density at radius 1 is 1.20 bits per heavy atom. The maximum Gasteiger partial charge on any atom is 0.0576 e. The zero-order valence-corrected chi connectivity index (χ0v) is 13.1. The van der Waals surface area contributed by atoms with Gasteiger partial charge in [0, 0.05) is 12.6 Å². The molecule has 4 aliphatic carbocycles. The Morgan fingerprint density at radius 3 is 2.55 bits per heavy atom. The highest BCUT2D eigenvalue weighted by molar-refractivity contribution is 5.09. The van der Waals surface area contributed by atoms with Crippen LogP contribution in [-0.2, 0) is 4.74 Å². The lowest BCUT2D eigenvalue weighted by atomic mass is 9.43. The summed E-state index contributed by atoms with van der Waals surface area (Å²) in [6.45, 7) is 3.53. The molecule has 2 nitrogen and oxygen atoms in total. The lowest BCUT2D eigenvalue weighted by molar-refractivity contribution is -0.114. The van der Waals surface area contributed by atoms with Gasteiger partial charge in [0.2, 0.25) is 0 Å². The third-order valence-electron chi connectivity index (χ3n) is 7.01. The second kappa shape index (κ2) is 4.71. The first-order valence-corrected chi connectivity index (χ1v) is 8.94. The Labute approximate surface area is 123 Å². The van der Waals surface area contributed by atoms with Crippen LogP contribution in [0.15, 0.2) is 0 Å². The van der Waals surface area contributed by atoms with Gasteiger partial charge in [-0.2, -0.15) is 0 Å². The number of ether oxygens (including phenoxy) is 1. The minimum absolute atomic E-state index is 0.428. The van der Waals surface area contributed by atoms with Gasteiger partial charge < -0.3 is 10.5 Å². The molecule has 0 radical (unpaired) electrons. The predicted octanol–water partition coefficient (Wildman–Crippen LogP) is 3.88. The Kier molecular flexibility index (Phi) is 3.20. The van der Waals surface area contributed by atoms with Crippen molar-refractivity contribution in [2.45, 2.75) is 83.3 Å². The third-order valence-corrected chi connectivity index (χ3v) is 7.01. The molecule has 0 aromatic carbocycles. The molecular weight excluding hydrogens is 246 g/mol. The van der Waals surface area contributed by atoms with Gasteiger partial charge in [-0.25, -0.2) is 0 Å². The van der Waals surface area contributed by atoms with Gasteiger partial charge in [-0.15, -0.1) is 0 Å². The monoisotopic (exact) mass is 277 g/mol. The van der Waals surface area contributed by atoms with E-state index in [4.69, 9.17) is 10.5 Å². The number of hydrogen-bond acceptors (Lipinski definition) is 2. The number of nitrogens with two attached hydrogens (primary N) is 1. The maximum atomic E-state index is 6.75. The topological polar surface area (TPSA) is 35.2 Å². The van der Waals surface area contributed by atoms with E-state index >= 15 is 0 Å². The summed E-state index contributed by atoms with van der Waals surface area (Å²) in [6.07, 6.45) is 14.2. The van der Waals surface area contributed by atoms with E-state index in [1.54, 1.807) is 0 Å². The molecule has 1 aliphatic heterocycles. The summed E-state index contributed by atoms with van der Waals surface area (Å²) in [5, 5.41) is 0. The Morgan fingerprint density at radius 2 is 1.95 bits per heavy atom. The van der Waals surface area contributed by atoms with Crippen molar-refractivity contribution in [2.24, 2.45) is 28.4 Å². The van der Waals surface area contributed by atoms with Gasteiger partial charge in [0.25, 0.3) is 0 Å². The van der Waals surface area contributed by atoms with Crippen molar-refractivity contribution in [3.63, 3.8) is 0 Å². The van der Waals surface area contributed by atoms with E-state index in [1.807, 2.05) is 0 Å². The van der Waals surface area contributed by atoms with E-state index in [9.17, 15) is 0 Å². The van der Waals surface area contributed by atoms with E-state index in [-0.39, 0.29) is 0 Å². The van der Waals surface area contributed by atoms with Crippen LogP contribution in [0.25, 0.3) is 0 Å². The Balaban J connectivity index is 1.43. The van der Waals surface area contributed by atoms with Crippen molar-refractivity contribution in [1.82, 2.24) is 0 Å². The lowest BCUT2D eigenvalue weighted by Gasteiger charge is -2.63. The molecule has 4 unspecified atom stereocenters. The van der Waals surface area contributed by atoms with E-state index in [2.05, 4.69) is 6.92 Å². The molecule has 4 atom stereocenters. The van der Waals surface area contributed by atoms with Crippen molar-refractivity contribution in [3.05, 3.63) is 0 Å². The van der Waals surface area contributed by atoms with Crippen molar-refractivity contribution in [1.29, 1.82) is 0 Å². The van der Waals surface area contributed by atoms with Gasteiger partial charge >= 0.3 is 0 Å². The van der Waals surface area contributed by atoms with E-state index in [0.29, 0.717) is 23.0 Å². The first-order valence-electron chi connectivity index (χ1n) is 8.94. The van der Waals surface area contributed by atoms with Crippen LogP contribution in [0.1, 0.15) is 71.1 Å². The van der Waals surface area contributed by atoms with Gasteiger partial charge in [0.1, 0.15) is 0 Å². The SMILES string of the molecule is CC12CC3CC(C1)CC(C(N)CCC1CCCO1)(C3)C2. The molecule has 0 aromatic rings. The molecule has 5 aliphatic rings. The minimum atomic E-state index is 0.428. The Bertz CT molecular complexity index is 360. The zero-order chi connectivity index (χ0) is 13.8. The third kappa shape index (κ3) is 2.23. The fourth-order valence-electron chi connectivity index (χ4n) is 6.78. The molecule has 1 heterocycles. The minimum Gasteiger partial charge on any atom is -0.378 e. The highest BCUT2D eigenvalue weighted by atomic mass is 16.5. The molecule has 4 saturated carbocycles. The highest BCUT2D eigenvalue weighted by Gasteiger charge is 2.57. The normalized spacial score (nSPS) is 51.6. The molecule has 2 heteroatoms. The van der Waals surface area contributed by atoms with Crippen LogP contribution in [0.3, 0.4) is 0 Å². The largest absolute Gasteiger partial charge is 0.378 e. The molecule has 5 rings (SSSR count). The van der Waals surface area contributed by atoms with Crippen LogP contribution in [0.2, 0.25) is 0 Å². The van der Waals surface area contributed by atoms with Crippen LogP contribution in [0.5, 0.6) is 0 Å². The Hall–Kier alpha value is -0.0800. The molecule has 2 N–H and O–H groups in total. The van der Waals surface area contributed by atoms with E-state index in [0.717, 1.165) is 18.4 Å². The van der Waals surface area contributed by atoms with Crippen molar-refractivity contribution < 1.29 is 4.74 Å². The molecule has 0 spiro atoms. The summed E-state index contributed by atoms with van der Waals surface area (Å²) >= 11 is 0. The summed E-state index contributed by atoms with van der Waals surface area (Å²) < 4.78 is 5.79. The molecular formula is C18H31NO. The van der Waals surface area contributed by atoms with Crippen LogP contribution in [-0.4, -0.2) is 18.8 Å². The van der Waals surface area contributed by atoms with Gasteiger partial charge in [0.05, 0.1) is 6.10 Å². The molecule has 0 aromatic heterocycles. The fourth-order valence-corrected chi connectivity index (χ4v) is 6.78. The standard InChI is InChI=1S/C18H31NO/c1-17-8-13-7-14(9-17)11-18(10-13,12-17)16(19)5-4-15-3-2-6-20-15/h13-16H,2-12,19H2,1H3. The summed E-state index contributed by atoms with van der Waals surface area (Å²) in [5.41, 5.74) is 7.88. The van der Waals surface area contributed by atoms with Crippen molar-refractivity contribution in [3.8, 4) is 0 Å². The van der Waals surface area contributed by atoms with Crippen LogP contribution < -0.4 is 5.73 Å². The van der Waals surface area contributed by atoms with Gasteiger partial charge in [-0.05, 0) is 86.9 Å². The first kappa shape index (κ1) is 13.6. The second-order valence-electron chi connectivity index (χ2n) is 8.95. The maximum absolute atomic E-state index is 6.75. The molecule has 5 fully saturated rings. The van der Waals surface area contributed by atoms with Crippen molar-refractivity contribution in [2.75, 3.05) is 6.61 Å². The quantitative estimate of drug-likeness (QED) is 0.846. The summed E-state index contributed by atoms with van der Waals surface area (Å²) in [5.74, 6) is 1.99. The fraction of sp³-hybridized carbons (Fsp3) is 1.00. The van der Waals surface area contributed by atoms with Crippen LogP contribution in [0, 0.1) is 22.7 Å². The molecule has 4 bridgehead atoms. The lowest BCUT2D eigenvalue weighted by Crippen LogP contribution is -2.57. The molecule has 0 amide bonds. The average Bonchev–Trinajstić information content (AvgIpc) is 2.85. The first-order chi connectivity index (χ1) is 9.57. The summed E-state index contributed by atoms with van der Waals surface area (Å²) in [7, 11) is 0. The van der Waals surface area contributed by atoms with Gasteiger partial charge in [-0.1, -0.05) is 6.92 Å². The molecule has 1 saturated heterocycles. The number of hydrogen-bond donors (Lipinski definition) is 1. The highest BCUT2D eigenvalue weighted by Crippen LogP contribution is 2.66. The number of rotatable bonds is 4. The second-order valence-corrected chi connectivity index (χ2v) is 8.95. The van der Waals surface area contributed by atoms with Gasteiger partial charge in [0.15, 0.2) is 0 Å². The summed E-state index contributed by atoms with van der Waals surface area (Å²) in [6, 6.07) is 0.428. The zero-order valence-electron chi connectivity index (χ0n) is 13.1. The smallest absolute Gasteiger partial charge is 0.0576 e.